The number of aliphatic hydroxyl groups is 1. The van der Waals surface area contributed by atoms with Crippen LogP contribution in [0.3, 0.4) is 0 Å². The number of fused-ring (bicyclic) bond motifs is 1. The fraction of sp³-hybridized carbons (Fsp3) is 0.579. The Bertz CT molecular complexity index is 792. The van der Waals surface area contributed by atoms with Gasteiger partial charge in [-0.2, -0.15) is 0 Å². The quantitative estimate of drug-likeness (QED) is 0.900. The summed E-state index contributed by atoms with van der Waals surface area (Å²) in [5, 5.41) is 10.1. The molecule has 4 rings (SSSR count). The summed E-state index contributed by atoms with van der Waals surface area (Å²) in [4.78, 5) is 21.7. The number of benzene rings is 1. The Labute approximate surface area is 148 Å². The van der Waals surface area contributed by atoms with Crippen LogP contribution in [0.2, 0.25) is 0 Å². The minimum Gasteiger partial charge on any atom is -0.391 e. The van der Waals surface area contributed by atoms with Crippen molar-refractivity contribution in [1.29, 1.82) is 0 Å². The predicted octanol–water partition coefficient (Wildman–Crippen LogP) is 1.55. The third-order valence-electron chi connectivity index (χ3n) is 5.87. The van der Waals surface area contributed by atoms with E-state index in [2.05, 4.69) is 9.88 Å². The first-order chi connectivity index (χ1) is 12.0. The molecular formula is C19H26N4O2. The molecule has 1 N–H and O–H groups in total. The number of piperazine rings is 1. The van der Waals surface area contributed by atoms with Crippen LogP contribution >= 0.6 is 0 Å². The zero-order valence-electron chi connectivity index (χ0n) is 15.0. The van der Waals surface area contributed by atoms with Gasteiger partial charge in [-0.05, 0) is 44.4 Å². The molecule has 1 aromatic heterocycles. The van der Waals surface area contributed by atoms with Gasteiger partial charge in [-0.25, -0.2) is 4.98 Å². The molecule has 0 radical (unpaired) electrons. The van der Waals surface area contributed by atoms with Crippen molar-refractivity contribution >= 4 is 16.9 Å². The van der Waals surface area contributed by atoms with Gasteiger partial charge in [0.2, 0.25) is 0 Å². The number of hydrogen-bond donors (Lipinski definition) is 1. The van der Waals surface area contributed by atoms with E-state index in [1.807, 2.05) is 41.6 Å². The van der Waals surface area contributed by atoms with Crippen LogP contribution in [0.5, 0.6) is 0 Å². The SMILES string of the molecule is Cc1nc2cc(C(=O)N3CCN(C4CCCC4O)CC3)ccc2n1C. The second-order valence-electron chi connectivity index (χ2n) is 7.32. The van der Waals surface area contributed by atoms with Gasteiger partial charge in [0.05, 0.1) is 17.1 Å². The molecule has 6 nitrogen and oxygen atoms in total. The van der Waals surface area contributed by atoms with Crippen molar-refractivity contribution in [2.75, 3.05) is 26.2 Å². The van der Waals surface area contributed by atoms with E-state index in [1.54, 1.807) is 0 Å². The molecule has 0 bridgehead atoms. The van der Waals surface area contributed by atoms with E-state index >= 15 is 0 Å². The summed E-state index contributed by atoms with van der Waals surface area (Å²) < 4.78 is 2.04. The average molecular weight is 342 g/mol. The standard InChI is InChI=1S/C19H26N4O2/c1-13-20-15-12-14(6-7-16(15)21(13)2)19(25)23-10-8-22(9-11-23)17-4-3-5-18(17)24/h6-7,12,17-18,24H,3-5,8-11H2,1-2H3. The monoisotopic (exact) mass is 342 g/mol. The van der Waals surface area contributed by atoms with Crippen molar-refractivity contribution in [2.24, 2.45) is 7.05 Å². The maximum Gasteiger partial charge on any atom is 0.254 e. The second-order valence-corrected chi connectivity index (χ2v) is 7.32. The normalized spacial score (nSPS) is 25.0. The minimum absolute atomic E-state index is 0.0804. The third kappa shape index (κ3) is 2.93. The van der Waals surface area contributed by atoms with Crippen LogP contribution in [0.25, 0.3) is 11.0 Å². The van der Waals surface area contributed by atoms with Crippen molar-refractivity contribution < 1.29 is 9.90 Å². The maximum atomic E-state index is 12.9. The highest BCUT2D eigenvalue weighted by Crippen LogP contribution is 2.25. The summed E-state index contributed by atoms with van der Waals surface area (Å²) in [5.41, 5.74) is 2.63. The molecule has 2 heterocycles. The molecule has 1 aliphatic carbocycles. The number of rotatable bonds is 2. The van der Waals surface area contributed by atoms with Crippen molar-refractivity contribution in [3.05, 3.63) is 29.6 Å². The smallest absolute Gasteiger partial charge is 0.254 e. The molecule has 1 saturated heterocycles. The summed E-state index contributed by atoms with van der Waals surface area (Å²) in [6.07, 6.45) is 2.89. The fourth-order valence-electron chi connectivity index (χ4n) is 4.24. The summed E-state index contributed by atoms with van der Waals surface area (Å²) in [6.45, 7) is 5.11. The van der Waals surface area contributed by atoms with Crippen molar-refractivity contribution in [2.45, 2.75) is 38.3 Å². The lowest BCUT2D eigenvalue weighted by Gasteiger charge is -2.39. The Balaban J connectivity index is 1.45. The third-order valence-corrected chi connectivity index (χ3v) is 5.87. The van der Waals surface area contributed by atoms with Crippen molar-refractivity contribution in [3.63, 3.8) is 0 Å². The van der Waals surface area contributed by atoms with Gasteiger partial charge >= 0.3 is 0 Å². The van der Waals surface area contributed by atoms with Gasteiger partial charge in [-0.1, -0.05) is 0 Å². The number of hydrogen-bond acceptors (Lipinski definition) is 4. The molecule has 1 aromatic carbocycles. The van der Waals surface area contributed by atoms with Crippen molar-refractivity contribution in [3.8, 4) is 0 Å². The number of carbonyl (C=O) groups excluding carboxylic acids is 1. The zero-order valence-corrected chi connectivity index (χ0v) is 15.0. The second kappa shape index (κ2) is 6.42. The van der Waals surface area contributed by atoms with E-state index in [0.717, 1.165) is 62.3 Å². The summed E-state index contributed by atoms with van der Waals surface area (Å²) in [6, 6.07) is 6.06. The summed E-state index contributed by atoms with van der Waals surface area (Å²) in [7, 11) is 1.99. The number of imidazole rings is 1. The molecule has 2 aromatic rings. The molecule has 134 valence electrons. The molecule has 1 aliphatic heterocycles. The van der Waals surface area contributed by atoms with E-state index in [1.165, 1.54) is 0 Å². The van der Waals surface area contributed by atoms with E-state index in [-0.39, 0.29) is 18.1 Å². The molecule has 1 saturated carbocycles. The van der Waals surface area contributed by atoms with E-state index in [4.69, 9.17) is 0 Å². The molecule has 1 amide bonds. The molecule has 2 atom stereocenters. The van der Waals surface area contributed by atoms with Crippen molar-refractivity contribution in [1.82, 2.24) is 19.4 Å². The molecule has 2 aliphatic rings. The molecule has 2 unspecified atom stereocenters. The summed E-state index contributed by atoms with van der Waals surface area (Å²) >= 11 is 0. The topological polar surface area (TPSA) is 61.6 Å². The highest BCUT2D eigenvalue weighted by molar-refractivity contribution is 5.97. The van der Waals surface area contributed by atoms with Gasteiger partial charge in [-0.3, -0.25) is 9.69 Å². The number of aromatic nitrogens is 2. The number of aryl methyl sites for hydroxylation is 2. The lowest BCUT2D eigenvalue weighted by molar-refractivity contribution is 0.0315. The Morgan fingerprint density at radius 2 is 1.96 bits per heavy atom. The average Bonchev–Trinajstić information content (AvgIpc) is 3.17. The lowest BCUT2D eigenvalue weighted by Crippen LogP contribution is -2.53. The minimum atomic E-state index is -0.197. The number of nitrogens with zero attached hydrogens (tertiary/aromatic N) is 4. The van der Waals surface area contributed by atoms with Crippen LogP contribution in [0.15, 0.2) is 18.2 Å². The van der Waals surface area contributed by atoms with E-state index in [9.17, 15) is 9.90 Å². The predicted molar refractivity (Wildman–Crippen MR) is 96.6 cm³/mol. The van der Waals surface area contributed by atoms with Crippen LogP contribution in [-0.2, 0) is 7.05 Å². The Morgan fingerprint density at radius 1 is 1.20 bits per heavy atom. The first-order valence-corrected chi connectivity index (χ1v) is 9.19. The number of aliphatic hydroxyl groups excluding tert-OH is 1. The molecular weight excluding hydrogens is 316 g/mol. The fourth-order valence-corrected chi connectivity index (χ4v) is 4.24. The van der Waals surface area contributed by atoms with Gasteiger partial charge in [0.25, 0.3) is 5.91 Å². The van der Waals surface area contributed by atoms with Crippen LogP contribution in [0.1, 0.15) is 35.4 Å². The van der Waals surface area contributed by atoms with Crippen LogP contribution < -0.4 is 0 Å². The molecule has 2 fully saturated rings. The molecule has 0 spiro atoms. The van der Waals surface area contributed by atoms with E-state index < -0.39 is 0 Å². The Hall–Kier alpha value is -1.92. The van der Waals surface area contributed by atoms with Gasteiger partial charge < -0.3 is 14.6 Å². The lowest BCUT2D eigenvalue weighted by atomic mass is 10.1. The molecule has 25 heavy (non-hydrogen) atoms. The van der Waals surface area contributed by atoms with Gasteiger partial charge in [-0.15, -0.1) is 0 Å². The highest BCUT2D eigenvalue weighted by Gasteiger charge is 2.33. The van der Waals surface area contributed by atoms with Gasteiger partial charge in [0.1, 0.15) is 5.82 Å². The number of amides is 1. The van der Waals surface area contributed by atoms with Gasteiger partial charge in [0, 0.05) is 44.8 Å². The van der Waals surface area contributed by atoms with Crippen LogP contribution in [0.4, 0.5) is 0 Å². The maximum absolute atomic E-state index is 12.9. The summed E-state index contributed by atoms with van der Waals surface area (Å²) in [5.74, 6) is 1.03. The number of carbonyl (C=O) groups is 1. The van der Waals surface area contributed by atoms with E-state index in [0.29, 0.717) is 5.56 Å². The Morgan fingerprint density at radius 3 is 2.64 bits per heavy atom. The highest BCUT2D eigenvalue weighted by atomic mass is 16.3. The van der Waals surface area contributed by atoms with Crippen LogP contribution in [-0.4, -0.2) is 68.7 Å². The first-order valence-electron chi connectivity index (χ1n) is 9.19. The largest absolute Gasteiger partial charge is 0.391 e. The zero-order chi connectivity index (χ0) is 17.6. The van der Waals surface area contributed by atoms with Gasteiger partial charge in [0.15, 0.2) is 0 Å². The Kier molecular flexibility index (Phi) is 4.25. The first kappa shape index (κ1) is 16.5. The van der Waals surface area contributed by atoms with Crippen LogP contribution in [0, 0.1) is 6.92 Å². The molecule has 6 heteroatoms.